The first-order valence-corrected chi connectivity index (χ1v) is 10.4. The van der Waals surface area contributed by atoms with Gasteiger partial charge in [0.25, 0.3) is 5.91 Å². The van der Waals surface area contributed by atoms with Crippen LogP contribution >= 0.6 is 12.2 Å². The molecule has 2 aliphatic rings. The van der Waals surface area contributed by atoms with Crippen LogP contribution in [-0.2, 0) is 16.1 Å². The molecule has 0 bridgehead atoms. The number of carbonyl (C=O) groups is 2. The Hall–Kier alpha value is -3.33. The van der Waals surface area contributed by atoms with Gasteiger partial charge in [-0.1, -0.05) is 6.07 Å². The van der Waals surface area contributed by atoms with E-state index in [0.717, 1.165) is 11.3 Å². The Kier molecular flexibility index (Phi) is 5.94. The van der Waals surface area contributed by atoms with Crippen LogP contribution in [0.2, 0.25) is 0 Å². The van der Waals surface area contributed by atoms with Crippen molar-refractivity contribution < 1.29 is 23.8 Å². The number of benzene rings is 2. The van der Waals surface area contributed by atoms with Crippen molar-refractivity contribution in [3.8, 4) is 17.2 Å². The summed E-state index contributed by atoms with van der Waals surface area (Å²) in [5.74, 6) is 1.61. The highest BCUT2D eigenvalue weighted by Crippen LogP contribution is 2.33. The summed E-state index contributed by atoms with van der Waals surface area (Å²) in [6.07, 6.45) is -0.0128. The molecule has 31 heavy (non-hydrogen) atoms. The Morgan fingerprint density at radius 3 is 2.68 bits per heavy atom. The highest BCUT2D eigenvalue weighted by atomic mass is 32.1. The molecule has 0 radical (unpaired) electrons. The average Bonchev–Trinajstić information content (AvgIpc) is 3.30. The van der Waals surface area contributed by atoms with Crippen molar-refractivity contribution in [1.82, 2.24) is 9.80 Å². The van der Waals surface area contributed by atoms with E-state index in [-0.39, 0.29) is 25.0 Å². The smallest absolute Gasteiger partial charge is 0.251 e. The highest BCUT2D eigenvalue weighted by Gasteiger charge is 2.41. The molecule has 1 N–H and O–H groups in total. The molecule has 0 saturated carbocycles. The van der Waals surface area contributed by atoms with Crippen LogP contribution in [0.15, 0.2) is 42.5 Å². The molecule has 2 aliphatic heterocycles. The first kappa shape index (κ1) is 20.9. The van der Waals surface area contributed by atoms with Crippen molar-refractivity contribution in [1.29, 1.82) is 0 Å². The first-order chi connectivity index (χ1) is 15.0. The third-order valence-corrected chi connectivity index (χ3v) is 5.65. The molecule has 9 heteroatoms. The maximum absolute atomic E-state index is 12.8. The van der Waals surface area contributed by atoms with Gasteiger partial charge in [0.1, 0.15) is 11.8 Å². The van der Waals surface area contributed by atoms with Gasteiger partial charge in [0, 0.05) is 19.3 Å². The second-order valence-electron chi connectivity index (χ2n) is 7.22. The monoisotopic (exact) mass is 441 g/mol. The molecule has 0 aromatic heterocycles. The fourth-order valence-electron chi connectivity index (χ4n) is 3.58. The van der Waals surface area contributed by atoms with E-state index in [1.165, 1.54) is 4.90 Å². The molecule has 0 unspecified atom stereocenters. The van der Waals surface area contributed by atoms with Gasteiger partial charge >= 0.3 is 0 Å². The summed E-state index contributed by atoms with van der Waals surface area (Å²) in [4.78, 5) is 28.6. The van der Waals surface area contributed by atoms with Gasteiger partial charge in [0.2, 0.25) is 12.7 Å². The SMILES string of the molecule is CCOc1ccc(NC(=O)C[C@@H]2C(=O)N(C)C(=S)N2Cc2ccc3c(c2)OCO3)cc1. The number of anilines is 1. The van der Waals surface area contributed by atoms with Gasteiger partial charge in [-0.2, -0.15) is 0 Å². The Morgan fingerprint density at radius 1 is 1.19 bits per heavy atom. The summed E-state index contributed by atoms with van der Waals surface area (Å²) in [7, 11) is 1.63. The summed E-state index contributed by atoms with van der Waals surface area (Å²) in [6.45, 7) is 3.05. The van der Waals surface area contributed by atoms with Crippen LogP contribution in [0, 0.1) is 0 Å². The van der Waals surface area contributed by atoms with Crippen molar-refractivity contribution in [3.05, 3.63) is 48.0 Å². The molecule has 0 spiro atoms. The summed E-state index contributed by atoms with van der Waals surface area (Å²) in [5.41, 5.74) is 1.55. The fourth-order valence-corrected chi connectivity index (χ4v) is 3.86. The number of carbonyl (C=O) groups excluding carboxylic acids is 2. The van der Waals surface area contributed by atoms with Crippen LogP contribution in [0.5, 0.6) is 17.2 Å². The lowest BCUT2D eigenvalue weighted by molar-refractivity contribution is -0.130. The lowest BCUT2D eigenvalue weighted by Gasteiger charge is -2.23. The number of likely N-dealkylation sites (N-methyl/N-ethyl adjacent to an activating group) is 1. The summed E-state index contributed by atoms with van der Waals surface area (Å²) >= 11 is 5.47. The van der Waals surface area contributed by atoms with E-state index in [9.17, 15) is 9.59 Å². The van der Waals surface area contributed by atoms with E-state index in [1.54, 1.807) is 36.2 Å². The number of nitrogens with zero attached hydrogens (tertiary/aromatic N) is 2. The standard InChI is InChI=1S/C22H23N3O5S/c1-3-28-16-7-5-15(6-8-16)23-20(26)11-17-21(27)24(2)22(31)25(17)12-14-4-9-18-19(10-14)30-13-29-18/h4-10,17H,3,11-13H2,1-2H3,(H,23,26)/t17-/m1/s1. The molecule has 162 valence electrons. The minimum absolute atomic E-state index is 0.0128. The molecule has 4 rings (SSSR count). The number of rotatable bonds is 7. The molecule has 1 fully saturated rings. The van der Waals surface area contributed by atoms with Crippen LogP contribution < -0.4 is 19.5 Å². The van der Waals surface area contributed by atoms with Crippen LogP contribution in [0.1, 0.15) is 18.9 Å². The molecular weight excluding hydrogens is 418 g/mol. The Bertz CT molecular complexity index is 1010. The van der Waals surface area contributed by atoms with Crippen molar-refractivity contribution >= 4 is 34.8 Å². The van der Waals surface area contributed by atoms with Crippen molar-refractivity contribution in [2.24, 2.45) is 0 Å². The number of amides is 2. The lowest BCUT2D eigenvalue weighted by Crippen LogP contribution is -2.37. The van der Waals surface area contributed by atoms with E-state index in [4.69, 9.17) is 26.4 Å². The first-order valence-electron chi connectivity index (χ1n) is 9.95. The van der Waals surface area contributed by atoms with Crippen molar-refractivity contribution in [2.75, 3.05) is 25.8 Å². The topological polar surface area (TPSA) is 80.3 Å². The third-order valence-electron chi connectivity index (χ3n) is 5.14. The van der Waals surface area contributed by atoms with E-state index >= 15 is 0 Å². The normalized spacial score (nSPS) is 17.3. The molecule has 8 nitrogen and oxygen atoms in total. The average molecular weight is 442 g/mol. The number of hydrogen-bond acceptors (Lipinski definition) is 6. The van der Waals surface area contributed by atoms with Gasteiger partial charge in [0.15, 0.2) is 16.6 Å². The predicted octanol–water partition coefficient (Wildman–Crippen LogP) is 2.77. The van der Waals surface area contributed by atoms with Crippen LogP contribution in [-0.4, -0.2) is 53.2 Å². The van der Waals surface area contributed by atoms with Crippen molar-refractivity contribution in [3.63, 3.8) is 0 Å². The molecular formula is C22H23N3O5S. The summed E-state index contributed by atoms with van der Waals surface area (Å²) < 4.78 is 16.2. The minimum Gasteiger partial charge on any atom is -0.494 e. The molecule has 2 aromatic carbocycles. The Labute approximate surface area is 185 Å². The number of nitrogens with one attached hydrogen (secondary N) is 1. The van der Waals surface area contributed by atoms with Gasteiger partial charge in [-0.25, -0.2) is 0 Å². The summed E-state index contributed by atoms with van der Waals surface area (Å²) in [6, 6.07) is 12.0. The number of hydrogen-bond donors (Lipinski definition) is 1. The van der Waals surface area contributed by atoms with Crippen LogP contribution in [0.3, 0.4) is 0 Å². The summed E-state index contributed by atoms with van der Waals surface area (Å²) in [5, 5.41) is 3.23. The predicted molar refractivity (Wildman–Crippen MR) is 118 cm³/mol. The zero-order chi connectivity index (χ0) is 22.0. The molecule has 2 amide bonds. The van der Waals surface area contributed by atoms with E-state index in [1.807, 2.05) is 25.1 Å². The van der Waals surface area contributed by atoms with Gasteiger partial charge in [-0.05, 0) is 61.1 Å². The van der Waals surface area contributed by atoms with E-state index < -0.39 is 6.04 Å². The van der Waals surface area contributed by atoms with Crippen molar-refractivity contribution in [2.45, 2.75) is 25.9 Å². The maximum Gasteiger partial charge on any atom is 0.251 e. The largest absolute Gasteiger partial charge is 0.494 e. The third kappa shape index (κ3) is 4.41. The molecule has 1 saturated heterocycles. The zero-order valence-electron chi connectivity index (χ0n) is 17.3. The second-order valence-corrected chi connectivity index (χ2v) is 7.59. The second kappa shape index (κ2) is 8.81. The highest BCUT2D eigenvalue weighted by molar-refractivity contribution is 7.80. The molecule has 2 aromatic rings. The van der Waals surface area contributed by atoms with Gasteiger partial charge in [-0.15, -0.1) is 0 Å². The molecule has 1 atom stereocenters. The van der Waals surface area contributed by atoms with Gasteiger partial charge in [-0.3, -0.25) is 14.5 Å². The van der Waals surface area contributed by atoms with E-state index in [0.29, 0.717) is 35.5 Å². The number of thiocarbonyl (C=S) groups is 1. The lowest BCUT2D eigenvalue weighted by atomic mass is 10.1. The van der Waals surface area contributed by atoms with E-state index in [2.05, 4.69) is 5.32 Å². The Balaban J connectivity index is 1.45. The maximum atomic E-state index is 12.8. The fraction of sp³-hybridized carbons (Fsp3) is 0.318. The Morgan fingerprint density at radius 2 is 1.94 bits per heavy atom. The quantitative estimate of drug-likeness (QED) is 0.662. The minimum atomic E-state index is -0.675. The number of fused-ring (bicyclic) bond motifs is 1. The van der Waals surface area contributed by atoms with Gasteiger partial charge in [0.05, 0.1) is 13.0 Å². The number of ether oxygens (including phenoxy) is 3. The van der Waals surface area contributed by atoms with Crippen LogP contribution in [0.25, 0.3) is 0 Å². The zero-order valence-corrected chi connectivity index (χ0v) is 18.1. The molecule has 2 heterocycles. The van der Waals surface area contributed by atoms with Gasteiger partial charge < -0.3 is 24.4 Å². The molecule has 0 aliphatic carbocycles. The van der Waals surface area contributed by atoms with Crippen LogP contribution in [0.4, 0.5) is 5.69 Å².